The Morgan fingerprint density at radius 1 is 1.20 bits per heavy atom. The number of halogens is 3. The summed E-state index contributed by atoms with van der Waals surface area (Å²) in [5.74, 6) is 0.0921. The molecule has 7 heteroatoms. The van der Waals surface area contributed by atoms with Gasteiger partial charge in [0.2, 0.25) is 0 Å². The minimum absolute atomic E-state index is 0.0921. The van der Waals surface area contributed by atoms with Crippen molar-refractivity contribution >= 4 is 11.6 Å². The van der Waals surface area contributed by atoms with Crippen molar-refractivity contribution in [3.63, 3.8) is 0 Å². The number of nitrogens with zero attached hydrogens (tertiary/aromatic N) is 1. The van der Waals surface area contributed by atoms with E-state index in [1.54, 1.807) is 6.07 Å². The number of carbonyl (C=O) groups excluding carboxylic acids is 1. The van der Waals surface area contributed by atoms with Gasteiger partial charge in [-0.15, -0.1) is 0 Å². The molecule has 0 atom stereocenters. The highest BCUT2D eigenvalue weighted by Gasteiger charge is 2.31. The average molecular weight is 356 g/mol. The number of carbonyl (C=O) groups is 1. The second-order valence-corrected chi connectivity index (χ2v) is 7.01. The molecular weight excluding hydrogens is 331 g/mol. The Balaban J connectivity index is 1.49. The molecule has 1 aromatic rings. The van der Waals surface area contributed by atoms with Gasteiger partial charge in [0.1, 0.15) is 0 Å². The Labute approximate surface area is 146 Å². The first-order valence-corrected chi connectivity index (χ1v) is 8.97. The zero-order chi connectivity index (χ0) is 17.9. The highest BCUT2D eigenvalue weighted by atomic mass is 19.4. The van der Waals surface area contributed by atoms with E-state index in [-0.39, 0.29) is 5.91 Å². The number of piperazine rings is 1. The van der Waals surface area contributed by atoms with E-state index in [4.69, 9.17) is 0 Å². The van der Waals surface area contributed by atoms with Crippen LogP contribution in [0.3, 0.4) is 0 Å². The maximum absolute atomic E-state index is 12.8. The number of alkyl halides is 3. The third kappa shape index (κ3) is 4.87. The van der Waals surface area contributed by atoms with Gasteiger partial charge in [-0.3, -0.25) is 4.79 Å². The summed E-state index contributed by atoms with van der Waals surface area (Å²) in [5.41, 5.74) is -0.0139. The lowest BCUT2D eigenvalue weighted by atomic mass is 10.1. The molecule has 1 heterocycles. The largest absolute Gasteiger partial charge is 0.416 e. The van der Waals surface area contributed by atoms with E-state index >= 15 is 0 Å². The number of quaternary nitrogens is 1. The van der Waals surface area contributed by atoms with Crippen LogP contribution in [0.25, 0.3) is 0 Å². The van der Waals surface area contributed by atoms with Crippen LogP contribution in [0.15, 0.2) is 24.3 Å². The van der Waals surface area contributed by atoms with Crippen molar-refractivity contribution < 1.29 is 22.9 Å². The van der Waals surface area contributed by atoms with Gasteiger partial charge in [-0.25, -0.2) is 0 Å². The number of hydrogen-bond donors (Lipinski definition) is 2. The van der Waals surface area contributed by atoms with Gasteiger partial charge in [-0.1, -0.05) is 18.9 Å². The van der Waals surface area contributed by atoms with Crippen molar-refractivity contribution in [2.24, 2.45) is 0 Å². The monoisotopic (exact) mass is 356 g/mol. The molecule has 1 saturated carbocycles. The van der Waals surface area contributed by atoms with Gasteiger partial charge in [0, 0.05) is 11.7 Å². The Hall–Kier alpha value is -1.76. The van der Waals surface area contributed by atoms with E-state index in [1.807, 2.05) is 4.90 Å². The summed E-state index contributed by atoms with van der Waals surface area (Å²) in [6.45, 7) is 3.29. The molecule has 1 amide bonds. The molecule has 3 rings (SSSR count). The SMILES string of the molecule is O=C(C[NH+]1CCN(c2cccc(C(F)(F)F)c2)CC1)NC1CCCC1. The minimum Gasteiger partial charge on any atom is -0.360 e. The zero-order valence-corrected chi connectivity index (χ0v) is 14.2. The molecule has 2 fully saturated rings. The van der Waals surface area contributed by atoms with Crippen molar-refractivity contribution in [3.8, 4) is 0 Å². The van der Waals surface area contributed by atoms with Crippen LogP contribution in [-0.2, 0) is 11.0 Å². The maximum atomic E-state index is 12.8. The number of benzene rings is 1. The average Bonchev–Trinajstić information content (AvgIpc) is 3.08. The summed E-state index contributed by atoms with van der Waals surface area (Å²) in [6, 6.07) is 5.80. The summed E-state index contributed by atoms with van der Waals surface area (Å²) in [5, 5.41) is 3.09. The van der Waals surface area contributed by atoms with Gasteiger partial charge >= 0.3 is 6.18 Å². The predicted octanol–water partition coefficient (Wildman–Crippen LogP) is 1.47. The van der Waals surface area contributed by atoms with Crippen LogP contribution in [0, 0.1) is 0 Å². The van der Waals surface area contributed by atoms with Crippen molar-refractivity contribution in [3.05, 3.63) is 29.8 Å². The smallest absolute Gasteiger partial charge is 0.360 e. The molecule has 0 radical (unpaired) electrons. The molecule has 0 aromatic heterocycles. The lowest BCUT2D eigenvalue weighted by molar-refractivity contribution is -0.892. The van der Waals surface area contributed by atoms with E-state index in [0.29, 0.717) is 31.4 Å². The van der Waals surface area contributed by atoms with Crippen molar-refractivity contribution in [2.45, 2.75) is 37.9 Å². The summed E-state index contributed by atoms with van der Waals surface area (Å²) in [6.07, 6.45) is 0.205. The molecule has 1 aliphatic heterocycles. The Morgan fingerprint density at radius 2 is 1.88 bits per heavy atom. The van der Waals surface area contributed by atoms with Gasteiger partial charge in [0.25, 0.3) is 5.91 Å². The topological polar surface area (TPSA) is 36.8 Å². The van der Waals surface area contributed by atoms with E-state index in [9.17, 15) is 18.0 Å². The lowest BCUT2D eigenvalue weighted by Crippen LogP contribution is -3.16. The van der Waals surface area contributed by atoms with E-state index in [2.05, 4.69) is 5.32 Å². The van der Waals surface area contributed by atoms with Crippen molar-refractivity contribution in [1.82, 2.24) is 5.32 Å². The predicted molar refractivity (Wildman–Crippen MR) is 89.6 cm³/mol. The summed E-state index contributed by atoms with van der Waals surface area (Å²) in [4.78, 5) is 15.3. The number of hydrogen-bond acceptors (Lipinski definition) is 2. The summed E-state index contributed by atoms with van der Waals surface area (Å²) in [7, 11) is 0. The molecule has 0 spiro atoms. The van der Waals surface area contributed by atoms with Crippen LogP contribution in [0.4, 0.5) is 18.9 Å². The zero-order valence-electron chi connectivity index (χ0n) is 14.2. The van der Waals surface area contributed by atoms with Crippen LogP contribution >= 0.6 is 0 Å². The molecule has 138 valence electrons. The Morgan fingerprint density at radius 3 is 2.52 bits per heavy atom. The van der Waals surface area contributed by atoms with E-state index in [0.717, 1.165) is 32.0 Å². The van der Waals surface area contributed by atoms with Crippen molar-refractivity contribution in [1.29, 1.82) is 0 Å². The number of anilines is 1. The third-order valence-electron chi connectivity index (χ3n) is 5.14. The molecule has 1 aliphatic carbocycles. The molecule has 4 nitrogen and oxygen atoms in total. The van der Waals surface area contributed by atoms with Crippen LogP contribution in [0.1, 0.15) is 31.2 Å². The normalized spacial score (nSPS) is 20.0. The van der Waals surface area contributed by atoms with E-state index in [1.165, 1.54) is 29.9 Å². The molecule has 25 heavy (non-hydrogen) atoms. The quantitative estimate of drug-likeness (QED) is 0.857. The highest BCUT2D eigenvalue weighted by Crippen LogP contribution is 2.31. The fourth-order valence-electron chi connectivity index (χ4n) is 3.71. The summed E-state index contributed by atoms with van der Waals surface area (Å²) < 4.78 is 38.5. The molecule has 0 unspecified atom stereocenters. The second kappa shape index (κ2) is 7.64. The van der Waals surface area contributed by atoms with E-state index < -0.39 is 11.7 Å². The number of rotatable bonds is 4. The fraction of sp³-hybridized carbons (Fsp3) is 0.611. The fourth-order valence-corrected chi connectivity index (χ4v) is 3.71. The number of amides is 1. The molecule has 2 aliphatic rings. The molecule has 0 bridgehead atoms. The molecule has 1 aromatic carbocycles. The van der Waals surface area contributed by atoms with Crippen LogP contribution in [0.5, 0.6) is 0 Å². The Bertz CT molecular complexity index is 591. The second-order valence-electron chi connectivity index (χ2n) is 7.01. The third-order valence-corrected chi connectivity index (χ3v) is 5.14. The highest BCUT2D eigenvalue weighted by molar-refractivity contribution is 5.77. The van der Waals surface area contributed by atoms with Gasteiger partial charge in [0.05, 0.1) is 31.7 Å². The first-order valence-electron chi connectivity index (χ1n) is 8.97. The van der Waals surface area contributed by atoms with Crippen LogP contribution in [-0.4, -0.2) is 44.7 Å². The minimum atomic E-state index is -4.32. The lowest BCUT2D eigenvalue weighted by Gasteiger charge is -2.33. The van der Waals surface area contributed by atoms with Gasteiger partial charge < -0.3 is 15.1 Å². The summed E-state index contributed by atoms with van der Waals surface area (Å²) >= 11 is 0. The van der Waals surface area contributed by atoms with Crippen LogP contribution in [0.2, 0.25) is 0 Å². The van der Waals surface area contributed by atoms with Gasteiger partial charge in [-0.05, 0) is 31.0 Å². The molecule has 1 saturated heterocycles. The molecular formula is C18H25F3N3O+. The van der Waals surface area contributed by atoms with Gasteiger partial charge in [0.15, 0.2) is 6.54 Å². The molecule has 2 N–H and O–H groups in total. The number of nitrogens with one attached hydrogen (secondary N) is 2. The van der Waals surface area contributed by atoms with Crippen LogP contribution < -0.4 is 15.1 Å². The van der Waals surface area contributed by atoms with Gasteiger partial charge in [-0.2, -0.15) is 13.2 Å². The van der Waals surface area contributed by atoms with Crippen molar-refractivity contribution in [2.75, 3.05) is 37.6 Å². The first-order chi connectivity index (χ1) is 11.9. The standard InChI is InChI=1S/C18H24F3N3O/c19-18(20,21)14-4-3-7-16(12-14)24-10-8-23(9-11-24)13-17(25)22-15-5-1-2-6-15/h3-4,7,12,15H,1-2,5-6,8-11,13H2,(H,22,25)/p+1. The Kier molecular flexibility index (Phi) is 5.51. The maximum Gasteiger partial charge on any atom is 0.416 e. The first kappa shape index (κ1) is 18.0.